The molecular formula is C9H18N4O. The second kappa shape index (κ2) is 4.97. The Hall–Kier alpha value is -1.07. The van der Waals surface area contributed by atoms with Crippen LogP contribution in [0.1, 0.15) is 0 Å². The van der Waals surface area contributed by atoms with E-state index in [2.05, 4.69) is 10.4 Å². The number of nitrogens with zero attached hydrogens (tertiary/aromatic N) is 3. The zero-order valence-electron chi connectivity index (χ0n) is 8.94. The first-order valence-corrected chi connectivity index (χ1v) is 4.64. The number of aliphatic hydroxyl groups is 1. The molecule has 0 fully saturated rings. The summed E-state index contributed by atoms with van der Waals surface area (Å²) in [5, 5.41) is 16.8. The third-order valence-corrected chi connectivity index (χ3v) is 1.81. The van der Waals surface area contributed by atoms with Crippen molar-refractivity contribution in [2.45, 2.75) is 6.10 Å². The van der Waals surface area contributed by atoms with E-state index in [0.717, 1.165) is 5.82 Å². The van der Waals surface area contributed by atoms with Crippen LogP contribution in [0.4, 0.5) is 5.82 Å². The highest BCUT2D eigenvalue weighted by Gasteiger charge is 2.05. The smallest absolute Gasteiger partial charge is 0.148 e. The number of aryl methyl sites for hydroxylation is 1. The number of anilines is 1. The number of rotatable bonds is 5. The zero-order chi connectivity index (χ0) is 10.6. The molecule has 1 unspecified atom stereocenters. The van der Waals surface area contributed by atoms with Crippen LogP contribution in [0.2, 0.25) is 0 Å². The molecule has 1 rings (SSSR count). The molecule has 80 valence electrons. The molecule has 5 nitrogen and oxygen atoms in total. The maximum Gasteiger partial charge on any atom is 0.148 e. The lowest BCUT2D eigenvalue weighted by Crippen LogP contribution is -2.31. The number of hydrogen-bond acceptors (Lipinski definition) is 4. The van der Waals surface area contributed by atoms with Crippen molar-refractivity contribution in [3.8, 4) is 0 Å². The molecule has 0 saturated heterocycles. The highest BCUT2D eigenvalue weighted by molar-refractivity contribution is 5.32. The van der Waals surface area contributed by atoms with Gasteiger partial charge in [-0.25, -0.2) is 0 Å². The van der Waals surface area contributed by atoms with Gasteiger partial charge in [0.25, 0.3) is 0 Å². The lowest BCUT2D eigenvalue weighted by atomic mass is 10.3. The Morgan fingerprint density at radius 2 is 2.36 bits per heavy atom. The van der Waals surface area contributed by atoms with Gasteiger partial charge in [0.15, 0.2) is 0 Å². The monoisotopic (exact) mass is 198 g/mol. The average molecular weight is 198 g/mol. The van der Waals surface area contributed by atoms with Crippen LogP contribution in [0.3, 0.4) is 0 Å². The topological polar surface area (TPSA) is 53.3 Å². The third kappa shape index (κ3) is 3.76. The van der Waals surface area contributed by atoms with Gasteiger partial charge in [-0.3, -0.25) is 4.68 Å². The van der Waals surface area contributed by atoms with E-state index < -0.39 is 0 Å². The number of nitrogens with one attached hydrogen (secondary N) is 1. The molecule has 0 aliphatic carbocycles. The Balaban J connectivity index is 2.26. The summed E-state index contributed by atoms with van der Waals surface area (Å²) in [6.07, 6.45) is 1.49. The minimum atomic E-state index is -0.369. The van der Waals surface area contributed by atoms with E-state index in [-0.39, 0.29) is 6.10 Å². The molecule has 0 aliphatic heterocycles. The first-order chi connectivity index (χ1) is 6.58. The molecule has 1 aromatic heterocycles. The number of hydrogen-bond donors (Lipinski definition) is 2. The van der Waals surface area contributed by atoms with Gasteiger partial charge in [0, 0.05) is 32.4 Å². The number of aliphatic hydroxyl groups excluding tert-OH is 1. The van der Waals surface area contributed by atoms with Gasteiger partial charge in [-0.2, -0.15) is 5.10 Å². The standard InChI is InChI=1S/C9H18N4O/c1-12(2)7-8(14)6-10-9-4-5-13(3)11-9/h4-5,8,14H,6-7H2,1-3H3,(H,10,11). The van der Waals surface area contributed by atoms with Gasteiger partial charge in [0.2, 0.25) is 0 Å². The molecule has 2 N–H and O–H groups in total. The van der Waals surface area contributed by atoms with Gasteiger partial charge >= 0.3 is 0 Å². The molecule has 0 radical (unpaired) electrons. The van der Waals surface area contributed by atoms with E-state index in [1.165, 1.54) is 0 Å². The van der Waals surface area contributed by atoms with Crippen LogP contribution >= 0.6 is 0 Å². The summed E-state index contributed by atoms with van der Waals surface area (Å²) in [5.74, 6) is 0.797. The van der Waals surface area contributed by atoms with Crippen molar-refractivity contribution in [2.75, 3.05) is 32.5 Å². The zero-order valence-corrected chi connectivity index (χ0v) is 8.94. The summed E-state index contributed by atoms with van der Waals surface area (Å²) < 4.78 is 1.72. The first-order valence-electron chi connectivity index (χ1n) is 4.64. The minimum Gasteiger partial charge on any atom is -0.390 e. The van der Waals surface area contributed by atoms with Crippen LogP contribution in [0.25, 0.3) is 0 Å². The van der Waals surface area contributed by atoms with Gasteiger partial charge in [0.1, 0.15) is 5.82 Å². The number of likely N-dealkylation sites (N-methyl/N-ethyl adjacent to an activating group) is 1. The fourth-order valence-electron chi connectivity index (χ4n) is 1.22. The van der Waals surface area contributed by atoms with Gasteiger partial charge in [0.05, 0.1) is 6.10 Å². The molecule has 1 aromatic rings. The van der Waals surface area contributed by atoms with Crippen molar-refractivity contribution < 1.29 is 5.11 Å². The molecule has 0 bridgehead atoms. The van der Waals surface area contributed by atoms with Crippen molar-refractivity contribution in [1.82, 2.24) is 14.7 Å². The quantitative estimate of drug-likeness (QED) is 0.685. The van der Waals surface area contributed by atoms with Crippen LogP contribution in [-0.4, -0.2) is 53.1 Å². The minimum absolute atomic E-state index is 0.369. The highest BCUT2D eigenvalue weighted by Crippen LogP contribution is 2.00. The largest absolute Gasteiger partial charge is 0.390 e. The maximum atomic E-state index is 9.55. The lowest BCUT2D eigenvalue weighted by molar-refractivity contribution is 0.148. The summed E-state index contributed by atoms with van der Waals surface area (Å²) in [6, 6.07) is 1.88. The average Bonchev–Trinajstić information content (AvgIpc) is 2.47. The Morgan fingerprint density at radius 1 is 1.64 bits per heavy atom. The molecule has 0 amide bonds. The predicted molar refractivity (Wildman–Crippen MR) is 56.3 cm³/mol. The fourth-order valence-corrected chi connectivity index (χ4v) is 1.22. The van der Waals surface area contributed by atoms with E-state index in [1.807, 2.05) is 38.3 Å². The van der Waals surface area contributed by atoms with Crippen molar-refractivity contribution in [2.24, 2.45) is 7.05 Å². The molecule has 1 heterocycles. The third-order valence-electron chi connectivity index (χ3n) is 1.81. The molecule has 5 heteroatoms. The van der Waals surface area contributed by atoms with E-state index in [0.29, 0.717) is 13.1 Å². The summed E-state index contributed by atoms with van der Waals surface area (Å²) in [7, 11) is 5.73. The van der Waals surface area contributed by atoms with E-state index in [9.17, 15) is 5.11 Å². The molecule has 0 aromatic carbocycles. The SMILES string of the molecule is CN(C)CC(O)CNc1ccn(C)n1. The van der Waals surface area contributed by atoms with Crippen LogP contribution in [-0.2, 0) is 7.05 Å². The summed E-state index contributed by atoms with van der Waals surface area (Å²) >= 11 is 0. The summed E-state index contributed by atoms with van der Waals surface area (Å²) in [4.78, 5) is 1.95. The Kier molecular flexibility index (Phi) is 3.91. The predicted octanol–water partition coefficient (Wildman–Crippen LogP) is -0.246. The van der Waals surface area contributed by atoms with Crippen molar-refractivity contribution in [1.29, 1.82) is 0 Å². The Morgan fingerprint density at radius 3 is 2.86 bits per heavy atom. The van der Waals surface area contributed by atoms with Crippen LogP contribution < -0.4 is 5.32 Å². The second-order valence-corrected chi connectivity index (χ2v) is 3.67. The summed E-state index contributed by atoms with van der Waals surface area (Å²) in [6.45, 7) is 1.18. The van der Waals surface area contributed by atoms with E-state index >= 15 is 0 Å². The summed E-state index contributed by atoms with van der Waals surface area (Å²) in [5.41, 5.74) is 0. The molecule has 0 spiro atoms. The highest BCUT2D eigenvalue weighted by atomic mass is 16.3. The maximum absolute atomic E-state index is 9.55. The molecular weight excluding hydrogens is 180 g/mol. The van der Waals surface area contributed by atoms with Crippen molar-refractivity contribution in [3.63, 3.8) is 0 Å². The first kappa shape index (κ1) is 11.0. The van der Waals surface area contributed by atoms with Crippen molar-refractivity contribution >= 4 is 5.82 Å². The molecule has 1 atom stereocenters. The lowest BCUT2D eigenvalue weighted by Gasteiger charge is -2.15. The fraction of sp³-hybridized carbons (Fsp3) is 0.667. The van der Waals surface area contributed by atoms with Crippen LogP contribution in [0.15, 0.2) is 12.3 Å². The van der Waals surface area contributed by atoms with Crippen LogP contribution in [0, 0.1) is 0 Å². The van der Waals surface area contributed by atoms with Crippen LogP contribution in [0.5, 0.6) is 0 Å². The Bertz CT molecular complexity index is 272. The van der Waals surface area contributed by atoms with Crippen molar-refractivity contribution in [3.05, 3.63) is 12.3 Å². The van der Waals surface area contributed by atoms with Gasteiger partial charge in [-0.05, 0) is 14.1 Å². The van der Waals surface area contributed by atoms with Gasteiger partial charge in [-0.15, -0.1) is 0 Å². The molecule has 0 saturated carbocycles. The second-order valence-electron chi connectivity index (χ2n) is 3.67. The molecule has 14 heavy (non-hydrogen) atoms. The van der Waals surface area contributed by atoms with E-state index in [4.69, 9.17) is 0 Å². The van der Waals surface area contributed by atoms with E-state index in [1.54, 1.807) is 4.68 Å². The van der Waals surface area contributed by atoms with Gasteiger partial charge in [-0.1, -0.05) is 0 Å². The normalized spacial score (nSPS) is 13.2. The Labute approximate surface area is 84.3 Å². The van der Waals surface area contributed by atoms with Gasteiger partial charge < -0.3 is 15.3 Å². The molecule has 0 aliphatic rings. The number of aromatic nitrogens is 2.